The van der Waals surface area contributed by atoms with Gasteiger partial charge in [0.25, 0.3) is 0 Å². The lowest BCUT2D eigenvalue weighted by Gasteiger charge is -2.26. The Morgan fingerprint density at radius 1 is 1.50 bits per heavy atom. The molecule has 0 spiro atoms. The number of hydrogen-bond donors (Lipinski definition) is 0. The van der Waals surface area contributed by atoms with Gasteiger partial charge in [-0.25, -0.2) is 4.79 Å². The van der Waals surface area contributed by atoms with Crippen molar-refractivity contribution in [2.45, 2.75) is 6.17 Å². The summed E-state index contributed by atoms with van der Waals surface area (Å²) in [6.07, 6.45) is 4.81. The van der Waals surface area contributed by atoms with Crippen molar-refractivity contribution in [3.8, 4) is 0 Å². The van der Waals surface area contributed by atoms with E-state index < -0.39 is 11.8 Å². The summed E-state index contributed by atoms with van der Waals surface area (Å²) in [7, 11) is 3.16. The van der Waals surface area contributed by atoms with Crippen LogP contribution in [0.3, 0.4) is 0 Å². The summed E-state index contributed by atoms with van der Waals surface area (Å²) in [5.74, 6) is -1.03. The molecule has 0 aromatic rings. The number of fused-ring (bicyclic) bond motifs is 1. The van der Waals surface area contributed by atoms with Crippen LogP contribution in [0.15, 0.2) is 17.1 Å². The van der Waals surface area contributed by atoms with Crippen molar-refractivity contribution in [1.82, 2.24) is 4.90 Å². The van der Waals surface area contributed by atoms with Crippen molar-refractivity contribution in [3.63, 3.8) is 0 Å². The summed E-state index contributed by atoms with van der Waals surface area (Å²) in [5, 5.41) is 0. The van der Waals surface area contributed by atoms with E-state index >= 15 is 0 Å². The van der Waals surface area contributed by atoms with Crippen molar-refractivity contribution in [3.05, 3.63) is 12.2 Å². The van der Waals surface area contributed by atoms with Crippen LogP contribution in [0.2, 0.25) is 0 Å². The normalized spacial score (nSPS) is 25.9. The lowest BCUT2D eigenvalue weighted by Crippen LogP contribution is -2.55. The molecule has 2 amide bonds. The Balaban J connectivity index is 2.56. The average molecular weight is 192 g/mol. The van der Waals surface area contributed by atoms with Crippen LogP contribution >= 0.6 is 0 Å². The first-order valence-corrected chi connectivity index (χ1v) is 4.24. The molecule has 0 aromatic heterocycles. The van der Waals surface area contributed by atoms with Gasteiger partial charge in [0.2, 0.25) is 11.9 Å². The highest BCUT2D eigenvalue weighted by molar-refractivity contribution is 6.34. The molecule has 2 aliphatic rings. The minimum atomic E-state index is -0.520. The maximum atomic E-state index is 11.4. The molecule has 14 heavy (non-hydrogen) atoms. The van der Waals surface area contributed by atoms with Gasteiger partial charge in [-0.1, -0.05) is 0 Å². The fourth-order valence-corrected chi connectivity index (χ4v) is 1.54. The van der Waals surface area contributed by atoms with Gasteiger partial charge in [-0.3, -0.25) is 9.79 Å². The van der Waals surface area contributed by atoms with E-state index in [0.29, 0.717) is 0 Å². The third-order valence-electron chi connectivity index (χ3n) is 2.41. The Labute approximate surface area is 81.0 Å². The Bertz CT molecular complexity index is 406. The number of nitrogens with zero attached hydrogens (tertiary/aromatic N) is 3. The largest absolute Gasteiger partial charge is 0.477 e. The quantitative estimate of drug-likeness (QED) is 0.366. The minimum absolute atomic E-state index is 0.352. The van der Waals surface area contributed by atoms with Gasteiger partial charge in [0.05, 0.1) is 0 Å². The second-order valence-corrected chi connectivity index (χ2v) is 3.24. The molecule has 1 unspecified atom stereocenters. The highest BCUT2D eigenvalue weighted by Crippen LogP contribution is 2.11. The molecule has 5 nitrogen and oxygen atoms in total. The van der Waals surface area contributed by atoms with Crippen LogP contribution in [0, 0.1) is 0 Å². The van der Waals surface area contributed by atoms with Crippen LogP contribution in [0.4, 0.5) is 0 Å². The van der Waals surface area contributed by atoms with Crippen molar-refractivity contribution in [1.29, 1.82) is 0 Å². The van der Waals surface area contributed by atoms with Crippen LogP contribution in [-0.4, -0.2) is 53.5 Å². The first-order chi connectivity index (χ1) is 6.63. The number of amides is 2. The molecule has 72 valence electrons. The van der Waals surface area contributed by atoms with Crippen LogP contribution in [0.5, 0.6) is 0 Å². The Morgan fingerprint density at radius 3 is 2.93 bits per heavy atom. The fourth-order valence-electron chi connectivity index (χ4n) is 1.54. The molecule has 2 rings (SSSR count). The molecule has 0 radical (unpaired) electrons. The summed E-state index contributed by atoms with van der Waals surface area (Å²) in [6.45, 7) is 0. The topological polar surface area (TPSA) is 52.8 Å². The molecule has 0 fully saturated rings. The van der Waals surface area contributed by atoms with Gasteiger partial charge < -0.3 is 4.90 Å². The standard InChI is InChI=1S/C9H10N3O2/c1-11-6-4-3-5-10-7(6)12(2)9(14)8(11)13/h3-5,7H,1-2H3/q+1. The molecule has 0 N–H and O–H groups in total. The Morgan fingerprint density at radius 2 is 2.21 bits per heavy atom. The predicted molar refractivity (Wildman–Crippen MR) is 50.4 cm³/mol. The van der Waals surface area contributed by atoms with Gasteiger partial charge in [-0.05, 0) is 6.08 Å². The number of carbonyl (C=O) groups excluding carboxylic acids is 2. The number of hydrogen-bond acceptors (Lipinski definition) is 3. The number of likely N-dealkylation sites (N-methyl/N-ethyl adjacent to an activating group) is 2. The van der Waals surface area contributed by atoms with Gasteiger partial charge in [-0.15, -0.1) is 0 Å². The molecule has 0 bridgehead atoms. The molecular formula is C9H10N3O2+. The number of aliphatic imine (C=N–C) groups is 1. The zero-order valence-electron chi connectivity index (χ0n) is 7.97. The summed E-state index contributed by atoms with van der Waals surface area (Å²) in [5.41, 5.74) is 0.736. The van der Waals surface area contributed by atoms with E-state index in [-0.39, 0.29) is 6.17 Å². The van der Waals surface area contributed by atoms with Crippen LogP contribution in [0.1, 0.15) is 0 Å². The zero-order chi connectivity index (χ0) is 10.3. The first-order valence-electron chi connectivity index (χ1n) is 4.24. The molecule has 2 heterocycles. The molecule has 0 aliphatic carbocycles. The van der Waals surface area contributed by atoms with Crippen molar-refractivity contribution >= 4 is 23.7 Å². The van der Waals surface area contributed by atoms with Crippen molar-refractivity contribution in [2.75, 3.05) is 14.1 Å². The number of allylic oxidation sites excluding steroid dienone is 1. The lowest BCUT2D eigenvalue weighted by atomic mass is 10.1. The van der Waals surface area contributed by atoms with E-state index in [4.69, 9.17) is 0 Å². The molecule has 0 saturated heterocycles. The summed E-state index contributed by atoms with van der Waals surface area (Å²) < 4.78 is 1.35. The molecule has 5 heteroatoms. The highest BCUT2D eigenvalue weighted by Gasteiger charge is 2.43. The SMILES string of the molecule is CN1C(=O)C(=O)[N+](C)=C2C=CC=NC21. The molecule has 1 atom stereocenters. The highest BCUT2D eigenvalue weighted by atomic mass is 16.2. The maximum Gasteiger partial charge on any atom is 0.477 e. The smallest absolute Gasteiger partial charge is 0.302 e. The number of rotatable bonds is 0. The lowest BCUT2D eigenvalue weighted by molar-refractivity contribution is -0.418. The van der Waals surface area contributed by atoms with E-state index in [1.807, 2.05) is 0 Å². The van der Waals surface area contributed by atoms with E-state index in [1.165, 1.54) is 9.48 Å². The predicted octanol–water partition coefficient (Wildman–Crippen LogP) is -0.965. The third kappa shape index (κ3) is 1.02. The van der Waals surface area contributed by atoms with E-state index in [2.05, 4.69) is 4.99 Å². The molecule has 0 aromatic carbocycles. The van der Waals surface area contributed by atoms with Gasteiger partial charge in [0.1, 0.15) is 7.05 Å². The van der Waals surface area contributed by atoms with Crippen LogP contribution < -0.4 is 0 Å². The monoisotopic (exact) mass is 192 g/mol. The maximum absolute atomic E-state index is 11.4. The zero-order valence-corrected chi connectivity index (χ0v) is 7.97. The van der Waals surface area contributed by atoms with Gasteiger partial charge >= 0.3 is 11.8 Å². The summed E-state index contributed by atoms with van der Waals surface area (Å²) >= 11 is 0. The minimum Gasteiger partial charge on any atom is -0.302 e. The molecular weight excluding hydrogens is 182 g/mol. The molecule has 0 saturated carbocycles. The number of dihydropyridines is 1. The second-order valence-electron chi connectivity index (χ2n) is 3.24. The van der Waals surface area contributed by atoms with Crippen LogP contribution in [-0.2, 0) is 9.59 Å². The first kappa shape index (κ1) is 8.80. The number of carbonyl (C=O) groups is 2. The van der Waals surface area contributed by atoms with E-state index in [0.717, 1.165) is 5.71 Å². The van der Waals surface area contributed by atoms with Gasteiger partial charge in [-0.2, -0.15) is 4.58 Å². The summed E-state index contributed by atoms with van der Waals surface area (Å²) in [6, 6.07) is 0. The van der Waals surface area contributed by atoms with Crippen molar-refractivity contribution < 1.29 is 14.2 Å². The third-order valence-corrected chi connectivity index (χ3v) is 2.41. The van der Waals surface area contributed by atoms with Crippen LogP contribution in [0.25, 0.3) is 0 Å². The van der Waals surface area contributed by atoms with E-state index in [1.54, 1.807) is 32.5 Å². The summed E-state index contributed by atoms with van der Waals surface area (Å²) in [4.78, 5) is 28.3. The van der Waals surface area contributed by atoms with Gasteiger partial charge in [0, 0.05) is 19.3 Å². The van der Waals surface area contributed by atoms with Gasteiger partial charge in [0.15, 0.2) is 0 Å². The molecule has 2 aliphatic heterocycles. The van der Waals surface area contributed by atoms with Crippen molar-refractivity contribution in [2.24, 2.45) is 4.99 Å². The second kappa shape index (κ2) is 2.87. The Kier molecular flexibility index (Phi) is 1.80. The Hall–Kier alpha value is -1.78. The van der Waals surface area contributed by atoms with E-state index in [9.17, 15) is 9.59 Å². The fraction of sp³-hybridized carbons (Fsp3) is 0.333. The average Bonchev–Trinajstić information content (AvgIpc) is 2.23.